The van der Waals surface area contributed by atoms with Gasteiger partial charge in [-0.05, 0) is 17.7 Å². The lowest BCUT2D eigenvalue weighted by Gasteiger charge is -2.21. The van der Waals surface area contributed by atoms with Gasteiger partial charge in [-0.3, -0.25) is 4.79 Å². The number of pyridine rings is 1. The van der Waals surface area contributed by atoms with Gasteiger partial charge < -0.3 is 9.47 Å². The van der Waals surface area contributed by atoms with Crippen LogP contribution in [0.1, 0.15) is 30.5 Å². The number of hydrazone groups is 1. The van der Waals surface area contributed by atoms with Crippen molar-refractivity contribution in [1.82, 2.24) is 9.99 Å². The van der Waals surface area contributed by atoms with Crippen LogP contribution in [0.3, 0.4) is 0 Å². The van der Waals surface area contributed by atoms with E-state index in [2.05, 4.69) is 10.1 Å². The molecule has 1 unspecified atom stereocenters. The van der Waals surface area contributed by atoms with Gasteiger partial charge in [-0.15, -0.1) is 0 Å². The first-order chi connectivity index (χ1) is 14.0. The zero-order valence-corrected chi connectivity index (χ0v) is 17.1. The summed E-state index contributed by atoms with van der Waals surface area (Å²) < 4.78 is 10.7. The van der Waals surface area contributed by atoms with Crippen molar-refractivity contribution in [3.8, 4) is 11.5 Å². The summed E-state index contributed by atoms with van der Waals surface area (Å²) in [5, 5.41) is 7.24. The number of hydrogen-bond donors (Lipinski definition) is 0. The molecule has 7 heteroatoms. The highest BCUT2D eigenvalue weighted by Crippen LogP contribution is 2.39. The molecule has 0 fully saturated rings. The molecule has 3 aromatic rings. The molecule has 29 heavy (non-hydrogen) atoms. The summed E-state index contributed by atoms with van der Waals surface area (Å²) in [4.78, 5) is 16.8. The van der Waals surface area contributed by atoms with Crippen molar-refractivity contribution in [1.29, 1.82) is 0 Å². The number of nitrogens with zero attached hydrogens (tertiary/aromatic N) is 3. The number of carbonyl (C=O) groups is 1. The van der Waals surface area contributed by atoms with Crippen LogP contribution in [0.4, 0.5) is 0 Å². The fourth-order valence-corrected chi connectivity index (χ4v) is 3.85. The molecule has 0 radical (unpaired) electrons. The molecular formula is C22H20ClN3O3. The normalized spacial score (nSPS) is 16.1. The molecule has 1 amide bonds. The number of halogens is 1. The number of rotatable bonds is 4. The Morgan fingerprint density at radius 3 is 2.45 bits per heavy atom. The molecule has 0 bridgehead atoms. The Balaban J connectivity index is 1.78. The van der Waals surface area contributed by atoms with E-state index in [-0.39, 0.29) is 11.9 Å². The van der Waals surface area contributed by atoms with E-state index in [0.29, 0.717) is 28.6 Å². The minimum absolute atomic E-state index is 0.149. The molecule has 1 aliphatic rings. The van der Waals surface area contributed by atoms with Gasteiger partial charge in [0.05, 0.1) is 31.5 Å². The van der Waals surface area contributed by atoms with Crippen LogP contribution in [-0.4, -0.2) is 35.8 Å². The Morgan fingerprint density at radius 2 is 1.79 bits per heavy atom. The van der Waals surface area contributed by atoms with Crippen LogP contribution in [0.2, 0.25) is 5.15 Å². The van der Waals surface area contributed by atoms with Crippen LogP contribution < -0.4 is 9.47 Å². The third kappa shape index (κ3) is 3.51. The van der Waals surface area contributed by atoms with Crippen LogP contribution in [0.15, 0.2) is 53.6 Å². The van der Waals surface area contributed by atoms with Crippen LogP contribution >= 0.6 is 11.6 Å². The van der Waals surface area contributed by atoms with Crippen molar-refractivity contribution >= 4 is 34.1 Å². The van der Waals surface area contributed by atoms with Gasteiger partial charge in [-0.2, -0.15) is 5.10 Å². The van der Waals surface area contributed by atoms with E-state index < -0.39 is 0 Å². The number of ether oxygens (including phenoxy) is 2. The van der Waals surface area contributed by atoms with Gasteiger partial charge >= 0.3 is 0 Å². The number of amides is 1. The average molecular weight is 410 g/mol. The summed E-state index contributed by atoms with van der Waals surface area (Å²) in [5.74, 6) is 1.03. The van der Waals surface area contributed by atoms with Gasteiger partial charge in [0.25, 0.3) is 0 Å². The van der Waals surface area contributed by atoms with E-state index in [0.717, 1.165) is 22.2 Å². The summed E-state index contributed by atoms with van der Waals surface area (Å²) in [7, 11) is 3.16. The van der Waals surface area contributed by atoms with E-state index in [1.807, 2.05) is 42.5 Å². The third-order valence-corrected chi connectivity index (χ3v) is 5.30. The molecule has 1 aliphatic heterocycles. The lowest BCUT2D eigenvalue weighted by Crippen LogP contribution is -2.24. The smallest absolute Gasteiger partial charge is 0.240 e. The van der Waals surface area contributed by atoms with Gasteiger partial charge in [0.15, 0.2) is 11.5 Å². The Bertz CT molecular complexity index is 1120. The molecule has 6 nitrogen and oxygen atoms in total. The highest BCUT2D eigenvalue weighted by molar-refractivity contribution is 6.30. The Hall–Kier alpha value is -3.12. The molecule has 0 spiro atoms. The zero-order valence-electron chi connectivity index (χ0n) is 16.3. The van der Waals surface area contributed by atoms with Gasteiger partial charge in [0, 0.05) is 30.4 Å². The second kappa shape index (κ2) is 7.72. The highest BCUT2D eigenvalue weighted by Gasteiger charge is 2.33. The van der Waals surface area contributed by atoms with E-state index in [9.17, 15) is 4.79 Å². The Kier molecular flexibility index (Phi) is 5.11. The summed E-state index contributed by atoms with van der Waals surface area (Å²) >= 11 is 6.54. The van der Waals surface area contributed by atoms with Crippen molar-refractivity contribution in [3.63, 3.8) is 0 Å². The lowest BCUT2D eigenvalue weighted by molar-refractivity contribution is -0.130. The SMILES string of the molecule is COc1cc2cc(C3CC(c4ccccc4)=NN3C(C)=O)c(Cl)nc2cc1OC. The molecule has 1 atom stereocenters. The Labute approximate surface area is 173 Å². The first-order valence-corrected chi connectivity index (χ1v) is 9.54. The quantitative estimate of drug-likeness (QED) is 0.590. The predicted octanol–water partition coefficient (Wildman–Crippen LogP) is 4.60. The van der Waals surface area contributed by atoms with Crippen molar-refractivity contribution in [3.05, 3.63) is 64.8 Å². The van der Waals surface area contributed by atoms with Crippen molar-refractivity contribution in [2.24, 2.45) is 5.10 Å². The lowest BCUT2D eigenvalue weighted by atomic mass is 9.98. The zero-order chi connectivity index (χ0) is 20.5. The number of benzene rings is 2. The molecule has 0 N–H and O–H groups in total. The monoisotopic (exact) mass is 409 g/mol. The molecular weight excluding hydrogens is 390 g/mol. The summed E-state index contributed by atoms with van der Waals surface area (Å²) in [6.07, 6.45) is 0.559. The van der Waals surface area contributed by atoms with Gasteiger partial charge in [-0.1, -0.05) is 41.9 Å². The van der Waals surface area contributed by atoms with E-state index in [1.54, 1.807) is 20.3 Å². The second-order valence-corrected chi connectivity index (χ2v) is 7.12. The second-order valence-electron chi connectivity index (χ2n) is 6.76. The van der Waals surface area contributed by atoms with Crippen LogP contribution in [0, 0.1) is 0 Å². The van der Waals surface area contributed by atoms with E-state index in [4.69, 9.17) is 21.1 Å². The number of carbonyl (C=O) groups excluding carboxylic acids is 1. The number of fused-ring (bicyclic) bond motifs is 1. The van der Waals surface area contributed by atoms with Crippen molar-refractivity contribution < 1.29 is 14.3 Å². The van der Waals surface area contributed by atoms with Crippen molar-refractivity contribution in [2.75, 3.05) is 14.2 Å². The summed E-state index contributed by atoms with van der Waals surface area (Å²) in [5.41, 5.74) is 3.26. The molecule has 0 saturated carbocycles. The molecule has 0 saturated heterocycles. The molecule has 1 aromatic heterocycles. The maximum Gasteiger partial charge on any atom is 0.240 e. The highest BCUT2D eigenvalue weighted by atomic mass is 35.5. The molecule has 148 valence electrons. The summed E-state index contributed by atoms with van der Waals surface area (Å²) in [6, 6.07) is 15.1. The van der Waals surface area contributed by atoms with Crippen LogP contribution in [0.5, 0.6) is 11.5 Å². The van der Waals surface area contributed by atoms with Gasteiger partial charge in [-0.25, -0.2) is 9.99 Å². The topological polar surface area (TPSA) is 64.0 Å². The van der Waals surface area contributed by atoms with Gasteiger partial charge in [0.1, 0.15) is 5.15 Å². The number of aromatic nitrogens is 1. The molecule has 0 aliphatic carbocycles. The number of methoxy groups -OCH3 is 2. The maximum absolute atomic E-state index is 12.3. The minimum atomic E-state index is -0.319. The first kappa shape index (κ1) is 19.2. The average Bonchev–Trinajstić information content (AvgIpc) is 3.18. The Morgan fingerprint density at radius 1 is 1.10 bits per heavy atom. The third-order valence-electron chi connectivity index (χ3n) is 5.00. The van der Waals surface area contributed by atoms with Crippen LogP contribution in [-0.2, 0) is 4.79 Å². The minimum Gasteiger partial charge on any atom is -0.493 e. The molecule has 2 heterocycles. The van der Waals surface area contributed by atoms with Crippen molar-refractivity contribution in [2.45, 2.75) is 19.4 Å². The first-order valence-electron chi connectivity index (χ1n) is 9.16. The fraction of sp³-hybridized carbons (Fsp3) is 0.227. The largest absolute Gasteiger partial charge is 0.493 e. The van der Waals surface area contributed by atoms with Gasteiger partial charge in [0.2, 0.25) is 5.91 Å². The number of hydrogen-bond acceptors (Lipinski definition) is 5. The maximum atomic E-state index is 12.3. The predicted molar refractivity (Wildman–Crippen MR) is 113 cm³/mol. The standard InChI is InChI=1S/C22H20ClN3O3/c1-13(27)26-19(11-18(25-26)14-7-5-4-6-8-14)16-9-15-10-20(28-2)21(29-3)12-17(15)24-22(16)23/h4-10,12,19H,11H2,1-3H3. The molecule has 2 aromatic carbocycles. The van der Waals surface area contributed by atoms with E-state index in [1.165, 1.54) is 11.9 Å². The fourth-order valence-electron chi connectivity index (χ4n) is 3.58. The molecule has 4 rings (SSSR count). The van der Waals surface area contributed by atoms with Crippen LogP contribution in [0.25, 0.3) is 10.9 Å². The van der Waals surface area contributed by atoms with E-state index >= 15 is 0 Å². The summed E-state index contributed by atoms with van der Waals surface area (Å²) in [6.45, 7) is 1.50.